The number of hydrogen-bond acceptors (Lipinski definition) is 3. The van der Waals surface area contributed by atoms with Crippen LogP contribution in [0.15, 0.2) is 47.4 Å². The topological polar surface area (TPSA) is 29.5 Å². The SMILES string of the molecule is COc1ccc(Cl)cc1CC(O)C1CSc2ccccc21. The van der Waals surface area contributed by atoms with Crippen LogP contribution >= 0.6 is 23.4 Å². The maximum absolute atomic E-state index is 10.6. The Morgan fingerprint density at radius 1 is 1.33 bits per heavy atom. The Balaban J connectivity index is 1.82. The minimum atomic E-state index is -0.437. The molecule has 21 heavy (non-hydrogen) atoms. The fourth-order valence-electron chi connectivity index (χ4n) is 2.78. The zero-order valence-electron chi connectivity index (χ0n) is 11.8. The van der Waals surface area contributed by atoms with Gasteiger partial charge in [0, 0.05) is 28.0 Å². The number of methoxy groups -OCH3 is 1. The van der Waals surface area contributed by atoms with E-state index < -0.39 is 6.10 Å². The highest BCUT2D eigenvalue weighted by atomic mass is 35.5. The number of ether oxygens (including phenoxy) is 1. The lowest BCUT2D eigenvalue weighted by atomic mass is 9.91. The highest BCUT2D eigenvalue weighted by Crippen LogP contribution is 2.42. The highest BCUT2D eigenvalue weighted by molar-refractivity contribution is 7.99. The molecule has 0 bridgehead atoms. The molecule has 0 radical (unpaired) electrons. The van der Waals surface area contributed by atoms with E-state index in [0.29, 0.717) is 11.4 Å². The van der Waals surface area contributed by atoms with Gasteiger partial charge in [0.2, 0.25) is 0 Å². The fourth-order valence-corrected chi connectivity index (χ4v) is 4.30. The van der Waals surface area contributed by atoms with Crippen molar-refractivity contribution in [3.8, 4) is 5.75 Å². The molecule has 2 aromatic carbocycles. The van der Waals surface area contributed by atoms with Crippen molar-refractivity contribution in [3.05, 3.63) is 58.6 Å². The molecule has 3 rings (SSSR count). The van der Waals surface area contributed by atoms with Gasteiger partial charge in [-0.1, -0.05) is 29.8 Å². The smallest absolute Gasteiger partial charge is 0.122 e. The summed E-state index contributed by atoms with van der Waals surface area (Å²) in [5, 5.41) is 11.3. The van der Waals surface area contributed by atoms with E-state index in [1.165, 1.54) is 10.5 Å². The fraction of sp³-hybridized carbons (Fsp3) is 0.294. The molecule has 2 aromatic rings. The van der Waals surface area contributed by atoms with Gasteiger partial charge in [-0.15, -0.1) is 11.8 Å². The summed E-state index contributed by atoms with van der Waals surface area (Å²) in [6.07, 6.45) is 0.108. The average molecular weight is 321 g/mol. The van der Waals surface area contributed by atoms with Crippen LogP contribution in [0.2, 0.25) is 5.02 Å². The van der Waals surface area contributed by atoms with Gasteiger partial charge in [-0.05, 0) is 35.4 Å². The van der Waals surface area contributed by atoms with E-state index in [4.69, 9.17) is 16.3 Å². The van der Waals surface area contributed by atoms with Crippen LogP contribution in [0.5, 0.6) is 5.75 Å². The van der Waals surface area contributed by atoms with Gasteiger partial charge in [-0.25, -0.2) is 0 Å². The summed E-state index contributed by atoms with van der Waals surface area (Å²) in [7, 11) is 1.64. The summed E-state index contributed by atoms with van der Waals surface area (Å²) in [5.41, 5.74) is 2.20. The van der Waals surface area contributed by atoms with Gasteiger partial charge < -0.3 is 9.84 Å². The van der Waals surface area contributed by atoms with E-state index in [0.717, 1.165) is 17.1 Å². The van der Waals surface area contributed by atoms with Crippen molar-refractivity contribution in [3.63, 3.8) is 0 Å². The molecule has 0 saturated heterocycles. The first-order chi connectivity index (χ1) is 10.2. The van der Waals surface area contributed by atoms with Crippen LogP contribution in [-0.2, 0) is 6.42 Å². The molecule has 0 saturated carbocycles. The Kier molecular flexibility index (Phi) is 4.43. The Labute approximate surface area is 134 Å². The molecule has 1 aliphatic heterocycles. The minimum absolute atomic E-state index is 0.162. The first kappa shape index (κ1) is 14.8. The Morgan fingerprint density at radius 3 is 2.95 bits per heavy atom. The monoisotopic (exact) mass is 320 g/mol. The van der Waals surface area contributed by atoms with Crippen molar-refractivity contribution < 1.29 is 9.84 Å². The second kappa shape index (κ2) is 6.30. The van der Waals surface area contributed by atoms with Crippen LogP contribution in [0.4, 0.5) is 0 Å². The molecule has 0 fully saturated rings. The average Bonchev–Trinajstić information content (AvgIpc) is 2.91. The van der Waals surface area contributed by atoms with Gasteiger partial charge in [-0.3, -0.25) is 0 Å². The largest absolute Gasteiger partial charge is 0.496 e. The van der Waals surface area contributed by atoms with Crippen molar-refractivity contribution in [1.82, 2.24) is 0 Å². The number of benzene rings is 2. The number of halogens is 1. The molecule has 1 aliphatic rings. The number of aliphatic hydroxyl groups is 1. The number of aliphatic hydroxyl groups excluding tert-OH is 1. The molecule has 0 spiro atoms. The molecular formula is C17H17ClO2S. The number of hydrogen-bond donors (Lipinski definition) is 1. The van der Waals surface area contributed by atoms with E-state index in [2.05, 4.69) is 12.1 Å². The number of fused-ring (bicyclic) bond motifs is 1. The van der Waals surface area contributed by atoms with Crippen LogP contribution in [-0.4, -0.2) is 24.1 Å². The van der Waals surface area contributed by atoms with E-state index in [-0.39, 0.29) is 5.92 Å². The predicted octanol–water partition coefficient (Wildman–Crippen LogP) is 4.14. The van der Waals surface area contributed by atoms with Crippen LogP contribution in [0.3, 0.4) is 0 Å². The van der Waals surface area contributed by atoms with Crippen LogP contribution in [0, 0.1) is 0 Å². The summed E-state index contributed by atoms with van der Waals surface area (Å²) in [5.74, 6) is 1.86. The molecule has 0 aromatic heterocycles. The highest BCUT2D eigenvalue weighted by Gasteiger charge is 2.29. The maximum atomic E-state index is 10.6. The molecule has 2 nitrogen and oxygen atoms in total. The maximum Gasteiger partial charge on any atom is 0.122 e. The molecule has 2 unspecified atom stereocenters. The van der Waals surface area contributed by atoms with Crippen molar-refractivity contribution in [2.24, 2.45) is 0 Å². The van der Waals surface area contributed by atoms with Gasteiger partial charge in [0.1, 0.15) is 5.75 Å². The van der Waals surface area contributed by atoms with Crippen molar-refractivity contribution in [2.75, 3.05) is 12.9 Å². The lowest BCUT2D eigenvalue weighted by Gasteiger charge is -2.20. The summed E-state index contributed by atoms with van der Waals surface area (Å²) in [6.45, 7) is 0. The molecule has 1 N–H and O–H groups in total. The normalized spacial score (nSPS) is 18.3. The third-order valence-corrected chi connectivity index (χ3v) is 5.32. The molecule has 0 amide bonds. The van der Waals surface area contributed by atoms with E-state index in [9.17, 15) is 5.11 Å². The third kappa shape index (κ3) is 3.05. The van der Waals surface area contributed by atoms with E-state index in [1.54, 1.807) is 13.2 Å². The van der Waals surface area contributed by atoms with Crippen molar-refractivity contribution in [2.45, 2.75) is 23.3 Å². The molecule has 1 heterocycles. The zero-order valence-corrected chi connectivity index (χ0v) is 13.3. The Bertz CT molecular complexity index is 644. The summed E-state index contributed by atoms with van der Waals surface area (Å²) in [4.78, 5) is 1.28. The number of thioether (sulfide) groups is 1. The van der Waals surface area contributed by atoms with Gasteiger partial charge in [0.25, 0.3) is 0 Å². The summed E-state index contributed by atoms with van der Waals surface area (Å²) < 4.78 is 5.36. The second-order valence-electron chi connectivity index (χ2n) is 5.18. The minimum Gasteiger partial charge on any atom is -0.496 e. The summed E-state index contributed by atoms with van der Waals surface area (Å²) >= 11 is 7.87. The first-order valence-corrected chi connectivity index (χ1v) is 8.27. The molecule has 2 atom stereocenters. The second-order valence-corrected chi connectivity index (χ2v) is 6.68. The van der Waals surface area contributed by atoms with E-state index in [1.807, 2.05) is 36.0 Å². The molecular weight excluding hydrogens is 304 g/mol. The van der Waals surface area contributed by atoms with E-state index >= 15 is 0 Å². The van der Waals surface area contributed by atoms with Gasteiger partial charge in [-0.2, -0.15) is 0 Å². The molecule has 4 heteroatoms. The molecule has 110 valence electrons. The van der Waals surface area contributed by atoms with Crippen molar-refractivity contribution >= 4 is 23.4 Å². The number of rotatable bonds is 4. The zero-order chi connectivity index (χ0) is 14.8. The first-order valence-electron chi connectivity index (χ1n) is 6.91. The quantitative estimate of drug-likeness (QED) is 0.918. The van der Waals surface area contributed by atoms with Gasteiger partial charge in [0.05, 0.1) is 13.2 Å². The lowest BCUT2D eigenvalue weighted by molar-refractivity contribution is 0.150. The summed E-state index contributed by atoms with van der Waals surface area (Å²) in [6, 6.07) is 13.8. The van der Waals surface area contributed by atoms with Gasteiger partial charge >= 0.3 is 0 Å². The lowest BCUT2D eigenvalue weighted by Crippen LogP contribution is -2.21. The van der Waals surface area contributed by atoms with Crippen LogP contribution in [0.25, 0.3) is 0 Å². The van der Waals surface area contributed by atoms with Crippen LogP contribution < -0.4 is 4.74 Å². The predicted molar refractivity (Wildman–Crippen MR) is 87.6 cm³/mol. The van der Waals surface area contributed by atoms with Crippen LogP contribution in [0.1, 0.15) is 17.0 Å². The Hall–Kier alpha value is -1.16. The standard InChI is InChI=1S/C17H17ClO2S/c1-20-16-7-6-12(18)8-11(16)9-15(19)14-10-21-17-5-3-2-4-13(14)17/h2-8,14-15,19H,9-10H2,1H3. The Morgan fingerprint density at radius 2 is 2.14 bits per heavy atom. The van der Waals surface area contributed by atoms with Crippen molar-refractivity contribution in [1.29, 1.82) is 0 Å². The molecule has 0 aliphatic carbocycles. The van der Waals surface area contributed by atoms with Gasteiger partial charge in [0.15, 0.2) is 0 Å². The third-order valence-electron chi connectivity index (χ3n) is 3.87.